The molecule has 3 amide bonds. The molecule has 9 nitrogen and oxygen atoms in total. The number of ether oxygens (including phenoxy) is 2. The maximum atomic E-state index is 14.0. The molecule has 0 bridgehead atoms. The molecular formula is C29H23N3O6. The minimum atomic E-state index is -1.53. The molecule has 0 saturated carbocycles. The van der Waals surface area contributed by atoms with Gasteiger partial charge in [0.25, 0.3) is 17.7 Å². The molecule has 190 valence electrons. The van der Waals surface area contributed by atoms with Gasteiger partial charge in [-0.1, -0.05) is 42.5 Å². The lowest BCUT2D eigenvalue weighted by atomic mass is 9.99. The Morgan fingerprint density at radius 3 is 2.16 bits per heavy atom. The lowest BCUT2D eigenvalue weighted by molar-refractivity contribution is -0.151. The minimum absolute atomic E-state index is 0.165. The molecule has 3 aromatic carbocycles. The topological polar surface area (TPSA) is 115 Å². The second kappa shape index (κ2) is 10.1. The van der Waals surface area contributed by atoms with Crippen LogP contribution >= 0.6 is 0 Å². The highest BCUT2D eigenvalue weighted by Crippen LogP contribution is 2.34. The number of hydrogen-bond donors (Lipinski definition) is 1. The van der Waals surface area contributed by atoms with Crippen molar-refractivity contribution in [3.8, 4) is 5.75 Å². The van der Waals surface area contributed by atoms with Crippen molar-refractivity contribution in [1.29, 1.82) is 0 Å². The number of fused-ring (bicyclic) bond motifs is 2. The van der Waals surface area contributed by atoms with Gasteiger partial charge in [-0.05, 0) is 42.0 Å². The Kier molecular flexibility index (Phi) is 6.57. The molecule has 2 heterocycles. The third-order valence-electron chi connectivity index (χ3n) is 6.29. The van der Waals surface area contributed by atoms with Crippen molar-refractivity contribution >= 4 is 40.3 Å². The predicted octanol–water partition coefficient (Wildman–Crippen LogP) is 4.15. The Hall–Kier alpha value is -5.05. The van der Waals surface area contributed by atoms with Crippen LogP contribution in [0.1, 0.15) is 39.3 Å². The molecule has 0 radical (unpaired) electrons. The molecule has 0 spiro atoms. The molecule has 0 unspecified atom stereocenters. The molecule has 5 rings (SSSR count). The van der Waals surface area contributed by atoms with Crippen molar-refractivity contribution in [2.75, 3.05) is 12.4 Å². The van der Waals surface area contributed by atoms with Crippen LogP contribution in [0.4, 0.5) is 5.69 Å². The minimum Gasteiger partial charge on any atom is -0.497 e. The van der Waals surface area contributed by atoms with E-state index in [0.717, 1.165) is 10.3 Å². The van der Waals surface area contributed by atoms with Gasteiger partial charge in [0.1, 0.15) is 5.75 Å². The summed E-state index contributed by atoms with van der Waals surface area (Å²) >= 11 is 0. The van der Waals surface area contributed by atoms with E-state index in [-0.39, 0.29) is 11.1 Å². The van der Waals surface area contributed by atoms with E-state index in [1.807, 2.05) is 12.1 Å². The van der Waals surface area contributed by atoms with Crippen LogP contribution < -0.4 is 10.1 Å². The zero-order valence-corrected chi connectivity index (χ0v) is 20.6. The Labute approximate surface area is 218 Å². The van der Waals surface area contributed by atoms with E-state index in [9.17, 15) is 19.2 Å². The van der Waals surface area contributed by atoms with Crippen LogP contribution in [0.2, 0.25) is 0 Å². The summed E-state index contributed by atoms with van der Waals surface area (Å²) in [6.07, 6.45) is 0.294. The number of carbonyl (C=O) groups excluding carboxylic acids is 4. The molecule has 2 atom stereocenters. The third kappa shape index (κ3) is 4.45. The van der Waals surface area contributed by atoms with Gasteiger partial charge in [-0.15, -0.1) is 0 Å². The number of para-hydroxylation sites is 1. The average molecular weight is 510 g/mol. The first-order valence-corrected chi connectivity index (χ1v) is 11.8. The van der Waals surface area contributed by atoms with Gasteiger partial charge in [0, 0.05) is 18.5 Å². The summed E-state index contributed by atoms with van der Waals surface area (Å²) in [5.41, 5.74) is 1.63. The average Bonchev–Trinajstić information content (AvgIpc) is 3.18. The van der Waals surface area contributed by atoms with Crippen LogP contribution in [0.5, 0.6) is 5.75 Å². The highest BCUT2D eigenvalue weighted by Gasteiger charge is 2.48. The summed E-state index contributed by atoms with van der Waals surface area (Å²) in [5, 5.41) is 3.60. The number of imide groups is 1. The first-order chi connectivity index (χ1) is 18.4. The van der Waals surface area contributed by atoms with Crippen LogP contribution in [-0.4, -0.2) is 46.7 Å². The summed E-state index contributed by atoms with van der Waals surface area (Å²) in [6.45, 7) is 1.20. The van der Waals surface area contributed by atoms with Gasteiger partial charge in [-0.25, -0.2) is 0 Å². The van der Waals surface area contributed by atoms with E-state index in [2.05, 4.69) is 10.3 Å². The zero-order chi connectivity index (χ0) is 26.8. The fourth-order valence-corrected chi connectivity index (χ4v) is 4.55. The maximum absolute atomic E-state index is 14.0. The van der Waals surface area contributed by atoms with Gasteiger partial charge < -0.3 is 14.8 Å². The van der Waals surface area contributed by atoms with Crippen LogP contribution in [0, 0.1) is 0 Å². The molecule has 1 N–H and O–H groups in total. The van der Waals surface area contributed by atoms with Gasteiger partial charge in [0.15, 0.2) is 12.1 Å². The predicted molar refractivity (Wildman–Crippen MR) is 139 cm³/mol. The van der Waals surface area contributed by atoms with Crippen LogP contribution in [-0.2, 0) is 14.3 Å². The fourth-order valence-electron chi connectivity index (χ4n) is 4.55. The number of esters is 1. The largest absolute Gasteiger partial charge is 0.497 e. The summed E-state index contributed by atoms with van der Waals surface area (Å²) in [7, 11) is 1.51. The first kappa shape index (κ1) is 24.6. The molecule has 0 fully saturated rings. The number of carbonyl (C=O) groups is 4. The number of methoxy groups -OCH3 is 1. The monoisotopic (exact) mass is 509 g/mol. The number of pyridine rings is 1. The quantitative estimate of drug-likeness (QED) is 0.294. The number of aromatic nitrogens is 1. The van der Waals surface area contributed by atoms with Crippen molar-refractivity contribution in [2.24, 2.45) is 0 Å². The SMILES string of the molecule is COc1ccc([C@H](OC(C)=O)[C@@H](C(=O)Nc2cccc3cccnc23)N2C(=O)c3ccccc3C2=O)cc1. The molecule has 1 aliphatic rings. The number of benzene rings is 3. The summed E-state index contributed by atoms with van der Waals surface area (Å²) in [6, 6.07) is 20.2. The Morgan fingerprint density at radius 1 is 0.868 bits per heavy atom. The standard InChI is InChI=1S/C29H23N3O6/c1-17(33)38-26(19-12-14-20(37-2)15-13-19)25(32-28(35)21-9-3-4-10-22(21)29(32)36)27(34)31-23-11-5-7-18-8-6-16-30-24(18)23/h3-16,25-26H,1-2H3,(H,31,34)/t25-,26-/m0/s1. The highest BCUT2D eigenvalue weighted by molar-refractivity contribution is 6.23. The Balaban J connectivity index is 1.62. The second-order valence-electron chi connectivity index (χ2n) is 8.64. The Morgan fingerprint density at radius 2 is 1.53 bits per heavy atom. The molecule has 0 saturated heterocycles. The fraction of sp³-hybridized carbons (Fsp3) is 0.138. The van der Waals surface area contributed by atoms with E-state index >= 15 is 0 Å². The Bertz CT molecular complexity index is 1530. The number of nitrogens with one attached hydrogen (secondary N) is 1. The van der Waals surface area contributed by atoms with Gasteiger partial charge in [0.05, 0.1) is 29.4 Å². The van der Waals surface area contributed by atoms with Crippen molar-refractivity contribution in [1.82, 2.24) is 9.88 Å². The maximum Gasteiger partial charge on any atom is 0.303 e. The smallest absolute Gasteiger partial charge is 0.303 e. The number of rotatable bonds is 7. The van der Waals surface area contributed by atoms with E-state index in [4.69, 9.17) is 9.47 Å². The molecule has 1 aromatic heterocycles. The molecular weight excluding hydrogens is 486 g/mol. The summed E-state index contributed by atoms with van der Waals surface area (Å²) < 4.78 is 10.8. The summed E-state index contributed by atoms with van der Waals surface area (Å²) in [4.78, 5) is 58.4. The summed E-state index contributed by atoms with van der Waals surface area (Å²) in [5.74, 6) is -2.19. The zero-order valence-electron chi connectivity index (χ0n) is 20.6. The van der Waals surface area contributed by atoms with E-state index in [1.54, 1.807) is 60.8 Å². The van der Waals surface area contributed by atoms with Crippen molar-refractivity contribution in [2.45, 2.75) is 19.1 Å². The number of anilines is 1. The van der Waals surface area contributed by atoms with Crippen LogP contribution in [0.15, 0.2) is 85.1 Å². The van der Waals surface area contributed by atoms with Crippen molar-refractivity contribution in [3.63, 3.8) is 0 Å². The van der Waals surface area contributed by atoms with E-state index in [1.165, 1.54) is 26.2 Å². The van der Waals surface area contributed by atoms with Gasteiger partial charge in [-0.2, -0.15) is 0 Å². The first-order valence-electron chi connectivity index (χ1n) is 11.8. The molecule has 4 aromatic rings. The highest BCUT2D eigenvalue weighted by atomic mass is 16.5. The van der Waals surface area contributed by atoms with Crippen molar-refractivity contribution < 1.29 is 28.7 Å². The van der Waals surface area contributed by atoms with E-state index < -0.39 is 35.8 Å². The number of amides is 3. The van der Waals surface area contributed by atoms with Crippen LogP contribution in [0.3, 0.4) is 0 Å². The second-order valence-corrected chi connectivity index (χ2v) is 8.64. The molecule has 0 aliphatic carbocycles. The number of nitrogens with zero attached hydrogens (tertiary/aromatic N) is 2. The lowest BCUT2D eigenvalue weighted by Gasteiger charge is -2.32. The molecule has 1 aliphatic heterocycles. The van der Waals surface area contributed by atoms with Gasteiger partial charge in [0.2, 0.25) is 0 Å². The van der Waals surface area contributed by atoms with Crippen LogP contribution in [0.25, 0.3) is 10.9 Å². The molecule has 9 heteroatoms. The van der Waals surface area contributed by atoms with Crippen molar-refractivity contribution in [3.05, 3.63) is 102 Å². The van der Waals surface area contributed by atoms with E-state index in [0.29, 0.717) is 22.5 Å². The van der Waals surface area contributed by atoms with Gasteiger partial charge in [-0.3, -0.25) is 29.1 Å². The molecule has 38 heavy (non-hydrogen) atoms. The number of hydrogen-bond acceptors (Lipinski definition) is 7. The lowest BCUT2D eigenvalue weighted by Crippen LogP contribution is -2.51. The third-order valence-corrected chi connectivity index (χ3v) is 6.29. The normalized spacial score (nSPS) is 14.1. The van der Waals surface area contributed by atoms with Gasteiger partial charge >= 0.3 is 5.97 Å².